The van der Waals surface area contributed by atoms with E-state index < -0.39 is 6.10 Å². The molecule has 0 radical (unpaired) electrons. The maximum atomic E-state index is 12.8. The van der Waals surface area contributed by atoms with Gasteiger partial charge in [-0.2, -0.15) is 0 Å². The molecule has 6 heteroatoms. The molecule has 360 valence electrons. The van der Waals surface area contributed by atoms with Gasteiger partial charge in [-0.05, 0) is 44.9 Å². The fourth-order valence-corrected chi connectivity index (χ4v) is 8.14. The molecule has 0 saturated carbocycles. The van der Waals surface area contributed by atoms with Crippen LogP contribution in [0.2, 0.25) is 0 Å². The molecule has 0 aliphatic rings. The first kappa shape index (κ1) is 59.1. The molecular formula is C55H104O6. The molecule has 1 unspecified atom stereocenters. The number of hydrogen-bond acceptors (Lipinski definition) is 6. The molecule has 0 aromatic heterocycles. The van der Waals surface area contributed by atoms with Gasteiger partial charge in [0, 0.05) is 19.3 Å². The van der Waals surface area contributed by atoms with Crippen LogP contribution in [0.4, 0.5) is 0 Å². The minimum atomic E-state index is -0.763. The van der Waals surface area contributed by atoms with Gasteiger partial charge in [0.1, 0.15) is 13.2 Å². The van der Waals surface area contributed by atoms with Crippen LogP contribution in [0.15, 0.2) is 12.2 Å². The number of esters is 3. The van der Waals surface area contributed by atoms with Crippen molar-refractivity contribution in [3.8, 4) is 0 Å². The molecule has 1 atom stereocenters. The molecule has 0 saturated heterocycles. The van der Waals surface area contributed by atoms with Crippen LogP contribution in [0.25, 0.3) is 0 Å². The molecule has 0 spiro atoms. The molecule has 0 fully saturated rings. The molecule has 0 aromatic rings. The molecule has 0 bridgehead atoms. The fraction of sp³-hybridized carbons (Fsp3) is 0.909. The third-order valence-electron chi connectivity index (χ3n) is 12.3. The van der Waals surface area contributed by atoms with Gasteiger partial charge in [-0.25, -0.2) is 0 Å². The second-order valence-electron chi connectivity index (χ2n) is 18.5. The number of hydrogen-bond donors (Lipinski definition) is 0. The summed E-state index contributed by atoms with van der Waals surface area (Å²) in [6.45, 7) is 6.65. The Morgan fingerprint density at radius 1 is 0.311 bits per heavy atom. The van der Waals surface area contributed by atoms with Gasteiger partial charge >= 0.3 is 17.9 Å². The van der Waals surface area contributed by atoms with E-state index >= 15 is 0 Å². The number of rotatable bonds is 50. The molecule has 0 N–H and O–H groups in total. The summed E-state index contributed by atoms with van der Waals surface area (Å²) in [6.07, 6.45) is 56.4. The Morgan fingerprint density at radius 2 is 0.541 bits per heavy atom. The Labute approximate surface area is 380 Å². The predicted molar refractivity (Wildman–Crippen MR) is 261 cm³/mol. The number of carbonyl (C=O) groups excluding carboxylic acids is 3. The predicted octanol–water partition coefficient (Wildman–Crippen LogP) is 17.8. The molecular weight excluding hydrogens is 757 g/mol. The first-order valence-corrected chi connectivity index (χ1v) is 27.2. The van der Waals surface area contributed by atoms with E-state index in [0.717, 1.165) is 57.8 Å². The van der Waals surface area contributed by atoms with E-state index in [2.05, 4.69) is 32.9 Å². The maximum Gasteiger partial charge on any atom is 0.306 e. The zero-order chi connectivity index (χ0) is 44.4. The summed E-state index contributed by atoms with van der Waals surface area (Å²) in [4.78, 5) is 37.9. The zero-order valence-corrected chi connectivity index (χ0v) is 41.2. The third kappa shape index (κ3) is 49.0. The quantitative estimate of drug-likeness (QED) is 0.0262. The van der Waals surface area contributed by atoms with Gasteiger partial charge in [-0.15, -0.1) is 0 Å². The van der Waals surface area contributed by atoms with E-state index in [4.69, 9.17) is 14.2 Å². The Balaban J connectivity index is 4.21. The van der Waals surface area contributed by atoms with Crippen LogP contribution >= 0.6 is 0 Å². The van der Waals surface area contributed by atoms with Gasteiger partial charge < -0.3 is 14.2 Å². The van der Waals surface area contributed by atoms with Crippen molar-refractivity contribution in [2.45, 2.75) is 309 Å². The number of unbranched alkanes of at least 4 members (excludes halogenated alkanes) is 37. The van der Waals surface area contributed by atoms with E-state index in [9.17, 15) is 14.4 Å². The zero-order valence-electron chi connectivity index (χ0n) is 41.2. The largest absolute Gasteiger partial charge is 0.462 e. The molecule has 6 nitrogen and oxygen atoms in total. The standard InChI is InChI=1S/C55H104O6/c1-4-7-10-13-16-19-21-23-25-27-28-29-31-32-34-36-39-42-45-48-54(57)60-51-52(50-59-53(56)47-44-41-38-18-15-12-9-6-3)61-55(58)49-46-43-40-37-35-33-30-26-24-22-20-17-14-11-8-5-2/h23,25,52H,4-22,24,26-51H2,1-3H3/b25-23-. The van der Waals surface area contributed by atoms with Gasteiger partial charge in [0.25, 0.3) is 0 Å². The first-order chi connectivity index (χ1) is 30.0. The van der Waals surface area contributed by atoms with E-state index in [1.54, 1.807) is 0 Å². The van der Waals surface area contributed by atoms with Gasteiger partial charge in [0.05, 0.1) is 0 Å². The van der Waals surface area contributed by atoms with E-state index in [1.165, 1.54) is 205 Å². The van der Waals surface area contributed by atoms with Crippen LogP contribution in [0.1, 0.15) is 303 Å². The second-order valence-corrected chi connectivity index (χ2v) is 18.5. The highest BCUT2D eigenvalue weighted by molar-refractivity contribution is 5.71. The van der Waals surface area contributed by atoms with Crippen LogP contribution in [-0.2, 0) is 28.6 Å². The van der Waals surface area contributed by atoms with E-state index in [0.29, 0.717) is 19.3 Å². The Morgan fingerprint density at radius 3 is 0.820 bits per heavy atom. The third-order valence-corrected chi connectivity index (χ3v) is 12.3. The summed E-state index contributed by atoms with van der Waals surface area (Å²) < 4.78 is 16.8. The van der Waals surface area contributed by atoms with Crippen molar-refractivity contribution < 1.29 is 28.6 Å². The second kappa shape index (κ2) is 50.8. The summed E-state index contributed by atoms with van der Waals surface area (Å²) in [5.41, 5.74) is 0. The lowest BCUT2D eigenvalue weighted by Gasteiger charge is -2.18. The van der Waals surface area contributed by atoms with E-state index in [-0.39, 0.29) is 31.1 Å². The highest BCUT2D eigenvalue weighted by Gasteiger charge is 2.19. The van der Waals surface area contributed by atoms with Gasteiger partial charge in [-0.1, -0.05) is 251 Å². The monoisotopic (exact) mass is 861 g/mol. The molecule has 61 heavy (non-hydrogen) atoms. The fourth-order valence-electron chi connectivity index (χ4n) is 8.14. The summed E-state index contributed by atoms with van der Waals surface area (Å²) in [7, 11) is 0. The van der Waals surface area contributed by atoms with Crippen LogP contribution in [0, 0.1) is 0 Å². The summed E-state index contributed by atoms with van der Waals surface area (Å²) in [5.74, 6) is -0.853. The van der Waals surface area contributed by atoms with Crippen molar-refractivity contribution in [2.24, 2.45) is 0 Å². The number of carbonyl (C=O) groups is 3. The molecule has 0 amide bonds. The minimum Gasteiger partial charge on any atom is -0.462 e. The van der Waals surface area contributed by atoms with Crippen LogP contribution in [0.3, 0.4) is 0 Å². The van der Waals surface area contributed by atoms with Crippen molar-refractivity contribution in [3.05, 3.63) is 12.2 Å². The first-order valence-electron chi connectivity index (χ1n) is 27.2. The van der Waals surface area contributed by atoms with Crippen LogP contribution in [0.5, 0.6) is 0 Å². The van der Waals surface area contributed by atoms with Gasteiger partial charge in [0.2, 0.25) is 0 Å². The lowest BCUT2D eigenvalue weighted by molar-refractivity contribution is -0.167. The molecule has 0 aliphatic carbocycles. The van der Waals surface area contributed by atoms with Crippen molar-refractivity contribution in [1.82, 2.24) is 0 Å². The number of allylic oxidation sites excluding steroid dienone is 2. The van der Waals surface area contributed by atoms with Crippen molar-refractivity contribution in [1.29, 1.82) is 0 Å². The summed E-state index contributed by atoms with van der Waals surface area (Å²) in [5, 5.41) is 0. The Hall–Kier alpha value is -1.85. The molecule has 0 aliphatic heterocycles. The van der Waals surface area contributed by atoms with E-state index in [1.807, 2.05) is 0 Å². The Bertz CT molecular complexity index is 947. The maximum absolute atomic E-state index is 12.8. The van der Waals surface area contributed by atoms with Gasteiger partial charge in [0.15, 0.2) is 6.10 Å². The van der Waals surface area contributed by atoms with Crippen LogP contribution in [-0.4, -0.2) is 37.2 Å². The Kier molecular flexibility index (Phi) is 49.3. The van der Waals surface area contributed by atoms with Crippen LogP contribution < -0.4 is 0 Å². The lowest BCUT2D eigenvalue weighted by Crippen LogP contribution is -2.30. The SMILES string of the molecule is CCCCCCCC/C=C\CCCCCCCCCCCC(=O)OCC(COC(=O)CCCCCCCCCC)OC(=O)CCCCCCCCCCCCCCCCCC. The summed E-state index contributed by atoms with van der Waals surface area (Å²) >= 11 is 0. The van der Waals surface area contributed by atoms with Crippen molar-refractivity contribution >= 4 is 17.9 Å². The van der Waals surface area contributed by atoms with Gasteiger partial charge in [-0.3, -0.25) is 14.4 Å². The minimum absolute atomic E-state index is 0.0657. The average Bonchev–Trinajstić information content (AvgIpc) is 3.26. The smallest absolute Gasteiger partial charge is 0.306 e. The summed E-state index contributed by atoms with van der Waals surface area (Å²) in [6, 6.07) is 0. The average molecular weight is 861 g/mol. The highest BCUT2D eigenvalue weighted by Crippen LogP contribution is 2.16. The van der Waals surface area contributed by atoms with Crippen molar-refractivity contribution in [3.63, 3.8) is 0 Å². The molecule has 0 aromatic carbocycles. The van der Waals surface area contributed by atoms with Crippen molar-refractivity contribution in [2.75, 3.05) is 13.2 Å². The molecule has 0 rings (SSSR count). The molecule has 0 heterocycles. The topological polar surface area (TPSA) is 78.9 Å². The normalized spacial score (nSPS) is 12.0. The highest BCUT2D eigenvalue weighted by atomic mass is 16.6. The number of ether oxygens (including phenoxy) is 3. The lowest BCUT2D eigenvalue weighted by atomic mass is 10.0.